The van der Waals surface area contributed by atoms with Crippen LogP contribution in [0.15, 0.2) is 41.3 Å². The molecular formula is C17H17FN2O5S. The second-order valence-corrected chi connectivity index (χ2v) is 7.57. The molecule has 4 rings (SSSR count). The zero-order valence-corrected chi connectivity index (χ0v) is 14.6. The number of benzene rings is 2. The lowest BCUT2D eigenvalue weighted by molar-refractivity contribution is 0.122. The minimum Gasteiger partial charge on any atom is -0.454 e. The Morgan fingerprint density at radius 3 is 2.58 bits per heavy atom. The van der Waals surface area contributed by atoms with Crippen LogP contribution in [-0.4, -0.2) is 41.5 Å². The maximum absolute atomic E-state index is 14.2. The highest BCUT2D eigenvalue weighted by Crippen LogP contribution is 2.34. The number of rotatable bonds is 4. The summed E-state index contributed by atoms with van der Waals surface area (Å²) in [6.45, 7) is 2.54. The summed E-state index contributed by atoms with van der Waals surface area (Å²) >= 11 is 0. The summed E-state index contributed by atoms with van der Waals surface area (Å²) < 4.78 is 57.4. The van der Waals surface area contributed by atoms with Crippen LogP contribution in [0.1, 0.15) is 0 Å². The predicted molar refractivity (Wildman–Crippen MR) is 92.8 cm³/mol. The summed E-state index contributed by atoms with van der Waals surface area (Å²) in [5, 5.41) is 0. The Bertz CT molecular complexity index is 929. The van der Waals surface area contributed by atoms with Crippen molar-refractivity contribution in [2.45, 2.75) is 4.90 Å². The molecule has 2 aliphatic heterocycles. The molecule has 2 heterocycles. The van der Waals surface area contributed by atoms with Crippen molar-refractivity contribution >= 4 is 21.4 Å². The first-order chi connectivity index (χ1) is 12.5. The van der Waals surface area contributed by atoms with Gasteiger partial charge in [0.05, 0.1) is 23.8 Å². The summed E-state index contributed by atoms with van der Waals surface area (Å²) in [7, 11) is -3.97. The number of hydrogen-bond donors (Lipinski definition) is 1. The molecule has 0 atom stereocenters. The third kappa shape index (κ3) is 3.27. The van der Waals surface area contributed by atoms with Crippen molar-refractivity contribution in [3.8, 4) is 11.5 Å². The number of ether oxygens (including phenoxy) is 3. The Labute approximate surface area is 150 Å². The fourth-order valence-corrected chi connectivity index (χ4v) is 3.93. The van der Waals surface area contributed by atoms with Gasteiger partial charge in [-0.15, -0.1) is 0 Å². The molecule has 0 radical (unpaired) electrons. The maximum Gasteiger partial charge on any atom is 0.262 e. The highest BCUT2D eigenvalue weighted by atomic mass is 32.2. The van der Waals surface area contributed by atoms with Gasteiger partial charge >= 0.3 is 0 Å². The summed E-state index contributed by atoms with van der Waals surface area (Å²) in [6.07, 6.45) is 0. The van der Waals surface area contributed by atoms with E-state index in [9.17, 15) is 12.8 Å². The Morgan fingerprint density at radius 1 is 1.00 bits per heavy atom. The molecular weight excluding hydrogens is 363 g/mol. The van der Waals surface area contributed by atoms with Gasteiger partial charge in [0.25, 0.3) is 10.0 Å². The molecule has 1 saturated heterocycles. The summed E-state index contributed by atoms with van der Waals surface area (Å²) in [5.74, 6) is 0.172. The predicted octanol–water partition coefficient (Wildman–Crippen LogP) is 2.19. The Kier molecular flexibility index (Phi) is 4.33. The van der Waals surface area contributed by atoms with E-state index in [1.807, 2.05) is 4.90 Å². The molecule has 1 N–H and O–H groups in total. The molecule has 0 amide bonds. The van der Waals surface area contributed by atoms with Crippen LogP contribution in [0.5, 0.6) is 11.5 Å². The van der Waals surface area contributed by atoms with E-state index in [0.717, 1.165) is 5.69 Å². The van der Waals surface area contributed by atoms with E-state index in [1.54, 1.807) is 6.07 Å². The first-order valence-corrected chi connectivity index (χ1v) is 9.56. The normalized spacial score (nSPS) is 16.6. The minimum atomic E-state index is -3.97. The SMILES string of the molecule is O=S(=O)(Nc1cc(N2CCOCC2)ccc1F)c1ccc2c(c1)OCO2. The molecule has 0 aromatic heterocycles. The van der Waals surface area contributed by atoms with Gasteiger partial charge in [0.1, 0.15) is 5.82 Å². The number of sulfonamides is 1. The number of halogens is 1. The molecule has 0 saturated carbocycles. The average Bonchev–Trinajstić information content (AvgIpc) is 3.12. The molecule has 1 fully saturated rings. The molecule has 7 nitrogen and oxygen atoms in total. The number of morpholine rings is 1. The average molecular weight is 380 g/mol. The van der Waals surface area contributed by atoms with Gasteiger partial charge in [-0.1, -0.05) is 0 Å². The standard InChI is InChI=1S/C17H17FN2O5S/c18-14-3-1-12(20-5-7-23-8-6-20)9-15(14)19-26(21,22)13-2-4-16-17(10-13)25-11-24-16/h1-4,9-10,19H,5-8,11H2. The smallest absolute Gasteiger partial charge is 0.262 e. The van der Waals surface area contributed by atoms with Crippen LogP contribution in [0.4, 0.5) is 15.8 Å². The Balaban J connectivity index is 1.61. The minimum absolute atomic E-state index is 0.0297. The monoisotopic (exact) mass is 380 g/mol. The van der Waals surface area contributed by atoms with Crippen LogP contribution in [0.25, 0.3) is 0 Å². The third-order valence-corrected chi connectivity index (χ3v) is 5.59. The molecule has 2 aromatic rings. The highest BCUT2D eigenvalue weighted by Gasteiger charge is 2.22. The highest BCUT2D eigenvalue weighted by molar-refractivity contribution is 7.92. The number of nitrogens with one attached hydrogen (secondary N) is 1. The summed E-state index contributed by atoms with van der Waals surface area (Å²) in [5.41, 5.74) is 0.629. The van der Waals surface area contributed by atoms with Crippen LogP contribution in [0, 0.1) is 5.82 Å². The van der Waals surface area contributed by atoms with Gasteiger partial charge in [-0.25, -0.2) is 12.8 Å². The van der Waals surface area contributed by atoms with Gasteiger partial charge < -0.3 is 19.1 Å². The summed E-state index contributed by atoms with van der Waals surface area (Å²) in [4.78, 5) is 1.99. The van der Waals surface area contributed by atoms with Crippen LogP contribution < -0.4 is 19.1 Å². The Morgan fingerprint density at radius 2 is 1.77 bits per heavy atom. The first kappa shape index (κ1) is 16.9. The second-order valence-electron chi connectivity index (χ2n) is 5.88. The Hall–Kier alpha value is -2.52. The van der Waals surface area contributed by atoms with E-state index in [2.05, 4.69) is 4.72 Å². The van der Waals surface area contributed by atoms with Gasteiger partial charge in [-0.2, -0.15) is 0 Å². The molecule has 26 heavy (non-hydrogen) atoms. The zero-order valence-electron chi connectivity index (χ0n) is 13.8. The molecule has 0 unspecified atom stereocenters. The molecule has 2 aliphatic rings. The summed E-state index contributed by atoms with van der Waals surface area (Å²) in [6, 6.07) is 8.62. The fourth-order valence-electron chi connectivity index (χ4n) is 2.86. The number of fused-ring (bicyclic) bond motifs is 1. The van der Waals surface area contributed by atoms with Crippen molar-refractivity contribution in [2.24, 2.45) is 0 Å². The van der Waals surface area contributed by atoms with Crippen molar-refractivity contribution in [3.63, 3.8) is 0 Å². The third-order valence-electron chi connectivity index (χ3n) is 4.22. The lowest BCUT2D eigenvalue weighted by Gasteiger charge is -2.29. The van der Waals surface area contributed by atoms with Gasteiger partial charge in [0.15, 0.2) is 11.5 Å². The van der Waals surface area contributed by atoms with E-state index in [1.165, 1.54) is 30.3 Å². The maximum atomic E-state index is 14.2. The van der Waals surface area contributed by atoms with E-state index < -0.39 is 15.8 Å². The van der Waals surface area contributed by atoms with E-state index in [0.29, 0.717) is 37.8 Å². The zero-order chi connectivity index (χ0) is 18.1. The van der Waals surface area contributed by atoms with Crippen LogP contribution in [-0.2, 0) is 14.8 Å². The van der Waals surface area contributed by atoms with Gasteiger partial charge in [-0.05, 0) is 30.3 Å². The number of hydrogen-bond acceptors (Lipinski definition) is 6. The van der Waals surface area contributed by atoms with E-state index in [-0.39, 0.29) is 17.4 Å². The largest absolute Gasteiger partial charge is 0.454 e. The van der Waals surface area contributed by atoms with Crippen molar-refractivity contribution in [2.75, 3.05) is 42.7 Å². The van der Waals surface area contributed by atoms with Gasteiger partial charge in [-0.3, -0.25) is 4.72 Å². The first-order valence-electron chi connectivity index (χ1n) is 8.08. The number of anilines is 2. The van der Waals surface area contributed by atoms with Gasteiger partial charge in [0, 0.05) is 24.8 Å². The lowest BCUT2D eigenvalue weighted by atomic mass is 10.2. The van der Waals surface area contributed by atoms with E-state index >= 15 is 0 Å². The van der Waals surface area contributed by atoms with Crippen LogP contribution in [0.2, 0.25) is 0 Å². The number of nitrogens with zero attached hydrogens (tertiary/aromatic N) is 1. The molecule has 0 aliphatic carbocycles. The lowest BCUT2D eigenvalue weighted by Crippen LogP contribution is -2.36. The fraction of sp³-hybridized carbons (Fsp3) is 0.294. The molecule has 0 spiro atoms. The molecule has 0 bridgehead atoms. The van der Waals surface area contributed by atoms with Crippen LogP contribution >= 0.6 is 0 Å². The topological polar surface area (TPSA) is 77.1 Å². The molecule has 9 heteroatoms. The van der Waals surface area contributed by atoms with E-state index in [4.69, 9.17) is 14.2 Å². The molecule has 138 valence electrons. The molecule has 2 aromatic carbocycles. The van der Waals surface area contributed by atoms with Crippen molar-refractivity contribution in [3.05, 3.63) is 42.2 Å². The van der Waals surface area contributed by atoms with Crippen molar-refractivity contribution in [1.29, 1.82) is 0 Å². The van der Waals surface area contributed by atoms with Gasteiger partial charge in [0.2, 0.25) is 6.79 Å². The van der Waals surface area contributed by atoms with Crippen molar-refractivity contribution in [1.82, 2.24) is 0 Å². The second kappa shape index (κ2) is 6.65. The van der Waals surface area contributed by atoms with Crippen molar-refractivity contribution < 1.29 is 27.0 Å². The quantitative estimate of drug-likeness (QED) is 0.876. The van der Waals surface area contributed by atoms with Crippen LogP contribution in [0.3, 0.4) is 0 Å².